The fourth-order valence-corrected chi connectivity index (χ4v) is 2.25. The lowest BCUT2D eigenvalue weighted by molar-refractivity contribution is -0.145. The Hall–Kier alpha value is -1.53. The molecule has 0 aliphatic carbocycles. The number of nitrogens with zero attached hydrogens (tertiary/aromatic N) is 1. The van der Waals surface area contributed by atoms with Crippen LogP contribution in [0.3, 0.4) is 0 Å². The molecule has 1 heterocycles. The van der Waals surface area contributed by atoms with Crippen LogP contribution in [0, 0.1) is 0 Å². The molecule has 6 heteroatoms. The molecular formula is C13H16N2O3S. The van der Waals surface area contributed by atoms with Gasteiger partial charge >= 0.3 is 11.8 Å². The van der Waals surface area contributed by atoms with Crippen molar-refractivity contribution in [3.8, 4) is 0 Å². The Labute approximate surface area is 116 Å². The first-order valence-corrected chi connectivity index (χ1v) is 7.25. The minimum Gasteiger partial charge on any atom is -0.378 e. The van der Waals surface area contributed by atoms with Crippen molar-refractivity contribution in [3.05, 3.63) is 24.3 Å². The van der Waals surface area contributed by atoms with Crippen LogP contribution in [-0.2, 0) is 14.3 Å². The molecule has 19 heavy (non-hydrogen) atoms. The molecule has 0 aromatic heterocycles. The van der Waals surface area contributed by atoms with Gasteiger partial charge in [0, 0.05) is 23.7 Å². The van der Waals surface area contributed by atoms with Gasteiger partial charge in [0.2, 0.25) is 0 Å². The Morgan fingerprint density at radius 1 is 1.32 bits per heavy atom. The summed E-state index contributed by atoms with van der Waals surface area (Å²) in [5, 5.41) is 2.63. The van der Waals surface area contributed by atoms with Crippen LogP contribution in [-0.4, -0.2) is 49.3 Å². The van der Waals surface area contributed by atoms with Gasteiger partial charge in [0.25, 0.3) is 0 Å². The summed E-state index contributed by atoms with van der Waals surface area (Å²) < 4.78 is 5.15. The molecule has 2 rings (SSSR count). The van der Waals surface area contributed by atoms with Gasteiger partial charge in [-0.3, -0.25) is 9.59 Å². The Morgan fingerprint density at radius 2 is 2.05 bits per heavy atom. The molecule has 1 N–H and O–H groups in total. The third-order valence-electron chi connectivity index (χ3n) is 2.82. The fourth-order valence-electron chi connectivity index (χ4n) is 1.80. The van der Waals surface area contributed by atoms with Gasteiger partial charge in [-0.1, -0.05) is 6.07 Å². The van der Waals surface area contributed by atoms with Crippen molar-refractivity contribution in [2.45, 2.75) is 4.90 Å². The lowest BCUT2D eigenvalue weighted by atomic mass is 10.3. The zero-order valence-corrected chi connectivity index (χ0v) is 11.5. The molecule has 0 atom stereocenters. The van der Waals surface area contributed by atoms with Crippen molar-refractivity contribution in [2.75, 3.05) is 37.9 Å². The first kappa shape index (κ1) is 13.9. The van der Waals surface area contributed by atoms with E-state index in [1.807, 2.05) is 24.5 Å². The van der Waals surface area contributed by atoms with E-state index in [0.717, 1.165) is 4.90 Å². The predicted octanol–water partition coefficient (Wildman–Crippen LogP) is 1.21. The number of anilines is 1. The van der Waals surface area contributed by atoms with Crippen molar-refractivity contribution in [1.82, 2.24) is 4.90 Å². The quantitative estimate of drug-likeness (QED) is 0.653. The number of thioether (sulfide) groups is 1. The molecule has 1 aliphatic rings. The average molecular weight is 280 g/mol. The summed E-state index contributed by atoms with van der Waals surface area (Å²) in [7, 11) is 0. The number of nitrogens with one attached hydrogen (secondary N) is 1. The van der Waals surface area contributed by atoms with E-state index in [9.17, 15) is 9.59 Å². The minimum atomic E-state index is -0.597. The lowest BCUT2D eigenvalue weighted by Crippen LogP contribution is -2.45. The summed E-state index contributed by atoms with van der Waals surface area (Å²) in [6, 6.07) is 7.41. The van der Waals surface area contributed by atoms with Crippen LogP contribution in [0.15, 0.2) is 29.2 Å². The van der Waals surface area contributed by atoms with Crippen molar-refractivity contribution in [2.24, 2.45) is 0 Å². The summed E-state index contributed by atoms with van der Waals surface area (Å²) in [4.78, 5) is 26.3. The van der Waals surface area contributed by atoms with Crippen LogP contribution in [0.2, 0.25) is 0 Å². The summed E-state index contributed by atoms with van der Waals surface area (Å²) in [6.45, 7) is 1.91. The van der Waals surface area contributed by atoms with Crippen LogP contribution < -0.4 is 5.32 Å². The van der Waals surface area contributed by atoms with Crippen molar-refractivity contribution < 1.29 is 14.3 Å². The number of carbonyl (C=O) groups is 2. The highest BCUT2D eigenvalue weighted by Crippen LogP contribution is 2.18. The van der Waals surface area contributed by atoms with E-state index in [-0.39, 0.29) is 0 Å². The number of hydrogen-bond donors (Lipinski definition) is 1. The predicted molar refractivity (Wildman–Crippen MR) is 74.3 cm³/mol. The molecule has 1 aromatic rings. The smallest absolute Gasteiger partial charge is 0.313 e. The van der Waals surface area contributed by atoms with Crippen LogP contribution in [0.1, 0.15) is 0 Å². The largest absolute Gasteiger partial charge is 0.378 e. The molecule has 102 valence electrons. The Morgan fingerprint density at radius 3 is 2.74 bits per heavy atom. The number of ether oxygens (including phenoxy) is 1. The van der Waals surface area contributed by atoms with E-state index in [1.54, 1.807) is 17.8 Å². The van der Waals surface area contributed by atoms with Gasteiger partial charge in [-0.2, -0.15) is 0 Å². The molecule has 1 aliphatic heterocycles. The number of hydrogen-bond acceptors (Lipinski definition) is 4. The standard InChI is InChI=1S/C13H16N2O3S/c1-19-11-4-2-3-10(9-11)14-12(16)13(17)15-5-7-18-8-6-15/h2-4,9H,5-8H2,1H3,(H,14,16). The average Bonchev–Trinajstić information content (AvgIpc) is 2.47. The second-order valence-corrected chi connectivity index (χ2v) is 4.97. The van der Waals surface area contributed by atoms with E-state index >= 15 is 0 Å². The van der Waals surface area contributed by atoms with Gasteiger partial charge in [0.15, 0.2) is 0 Å². The lowest BCUT2D eigenvalue weighted by Gasteiger charge is -2.26. The van der Waals surface area contributed by atoms with Gasteiger partial charge in [-0.15, -0.1) is 11.8 Å². The second kappa shape index (κ2) is 6.58. The van der Waals surface area contributed by atoms with E-state index in [0.29, 0.717) is 32.0 Å². The fraction of sp³-hybridized carbons (Fsp3) is 0.385. The molecule has 0 spiro atoms. The van der Waals surface area contributed by atoms with Gasteiger partial charge in [-0.25, -0.2) is 0 Å². The SMILES string of the molecule is CSc1cccc(NC(=O)C(=O)N2CCOCC2)c1. The van der Waals surface area contributed by atoms with Gasteiger partial charge in [-0.05, 0) is 24.5 Å². The topological polar surface area (TPSA) is 58.6 Å². The monoisotopic (exact) mass is 280 g/mol. The van der Waals surface area contributed by atoms with Crippen LogP contribution in [0.25, 0.3) is 0 Å². The zero-order chi connectivity index (χ0) is 13.7. The highest BCUT2D eigenvalue weighted by Gasteiger charge is 2.23. The summed E-state index contributed by atoms with van der Waals surface area (Å²) in [6.07, 6.45) is 1.96. The van der Waals surface area contributed by atoms with Crippen molar-refractivity contribution in [3.63, 3.8) is 0 Å². The molecular weight excluding hydrogens is 264 g/mol. The zero-order valence-electron chi connectivity index (χ0n) is 10.7. The number of amides is 2. The number of morpholine rings is 1. The minimum absolute atomic E-state index is 0.469. The maximum absolute atomic E-state index is 11.9. The molecule has 0 unspecified atom stereocenters. The van der Waals surface area contributed by atoms with Crippen LogP contribution >= 0.6 is 11.8 Å². The van der Waals surface area contributed by atoms with Crippen molar-refractivity contribution >= 4 is 29.3 Å². The normalized spacial score (nSPS) is 15.1. The Balaban J connectivity index is 1.97. The highest BCUT2D eigenvalue weighted by atomic mass is 32.2. The van der Waals surface area contributed by atoms with Crippen molar-refractivity contribution in [1.29, 1.82) is 0 Å². The third-order valence-corrected chi connectivity index (χ3v) is 3.55. The maximum atomic E-state index is 11.9. The number of rotatable bonds is 2. The molecule has 1 saturated heterocycles. The Bertz CT molecular complexity index is 473. The Kier molecular flexibility index (Phi) is 4.81. The van der Waals surface area contributed by atoms with E-state index in [1.165, 1.54) is 4.90 Å². The van der Waals surface area contributed by atoms with E-state index < -0.39 is 11.8 Å². The highest BCUT2D eigenvalue weighted by molar-refractivity contribution is 7.98. The van der Waals surface area contributed by atoms with Crippen LogP contribution in [0.4, 0.5) is 5.69 Å². The van der Waals surface area contributed by atoms with Gasteiger partial charge in [0.1, 0.15) is 0 Å². The van der Waals surface area contributed by atoms with Gasteiger partial charge in [0.05, 0.1) is 13.2 Å². The molecule has 2 amide bonds. The molecule has 0 bridgehead atoms. The van der Waals surface area contributed by atoms with E-state index in [4.69, 9.17) is 4.74 Å². The number of carbonyl (C=O) groups excluding carboxylic acids is 2. The first-order chi connectivity index (χ1) is 9.20. The summed E-state index contributed by atoms with van der Waals surface area (Å²) >= 11 is 1.58. The van der Waals surface area contributed by atoms with Crippen LogP contribution in [0.5, 0.6) is 0 Å². The van der Waals surface area contributed by atoms with Gasteiger partial charge < -0.3 is 15.0 Å². The summed E-state index contributed by atoms with van der Waals surface area (Å²) in [5.74, 6) is -1.10. The molecule has 1 aromatic carbocycles. The molecule has 0 radical (unpaired) electrons. The number of benzene rings is 1. The van der Waals surface area contributed by atoms with E-state index in [2.05, 4.69) is 5.32 Å². The summed E-state index contributed by atoms with van der Waals surface area (Å²) in [5.41, 5.74) is 0.637. The first-order valence-electron chi connectivity index (χ1n) is 6.03. The molecule has 0 saturated carbocycles. The second-order valence-electron chi connectivity index (χ2n) is 4.09. The molecule has 5 nitrogen and oxygen atoms in total. The third kappa shape index (κ3) is 3.71. The maximum Gasteiger partial charge on any atom is 0.313 e. The molecule has 1 fully saturated rings.